The third-order valence-electron chi connectivity index (χ3n) is 2.37. The Morgan fingerprint density at radius 2 is 1.94 bits per heavy atom. The van der Waals surface area contributed by atoms with Crippen molar-refractivity contribution in [3.05, 3.63) is 29.3 Å². The average Bonchev–Trinajstić information content (AvgIpc) is 2.21. The predicted octanol–water partition coefficient (Wildman–Crippen LogP) is 1.60. The van der Waals surface area contributed by atoms with Crippen molar-refractivity contribution in [3.8, 4) is 12.3 Å². The lowest BCUT2D eigenvalue weighted by Gasteiger charge is -2.10. The van der Waals surface area contributed by atoms with Gasteiger partial charge in [0.1, 0.15) is 0 Å². The molecule has 0 saturated heterocycles. The van der Waals surface area contributed by atoms with E-state index < -0.39 is 16.1 Å². The van der Waals surface area contributed by atoms with Crippen LogP contribution in [0.25, 0.3) is 0 Å². The second-order valence-electron chi connectivity index (χ2n) is 3.76. The van der Waals surface area contributed by atoms with E-state index in [-0.39, 0.29) is 4.90 Å². The molecule has 1 rings (SSSR count). The van der Waals surface area contributed by atoms with Gasteiger partial charge < -0.3 is 0 Å². The van der Waals surface area contributed by atoms with Crippen LogP contribution in [0.1, 0.15) is 18.1 Å². The van der Waals surface area contributed by atoms with Crippen molar-refractivity contribution < 1.29 is 8.42 Å². The van der Waals surface area contributed by atoms with Crippen molar-refractivity contribution in [1.82, 2.24) is 4.72 Å². The van der Waals surface area contributed by atoms with E-state index in [0.717, 1.165) is 11.1 Å². The first-order valence-corrected chi connectivity index (χ1v) is 6.41. The SMILES string of the molecule is C#CC(C)NS(=O)(=O)c1ccc(C)c(C)c1. The first kappa shape index (κ1) is 12.8. The minimum Gasteiger partial charge on any atom is -0.207 e. The number of terminal acetylenes is 1. The molecule has 1 aromatic rings. The monoisotopic (exact) mass is 237 g/mol. The summed E-state index contributed by atoms with van der Waals surface area (Å²) in [5, 5.41) is 0. The molecule has 3 nitrogen and oxygen atoms in total. The molecular formula is C12H15NO2S. The third kappa shape index (κ3) is 2.84. The summed E-state index contributed by atoms with van der Waals surface area (Å²) in [6.45, 7) is 5.43. The molecule has 0 saturated carbocycles. The van der Waals surface area contributed by atoms with Crippen LogP contribution < -0.4 is 4.72 Å². The van der Waals surface area contributed by atoms with Crippen LogP contribution in [0.15, 0.2) is 23.1 Å². The maximum absolute atomic E-state index is 11.9. The summed E-state index contributed by atoms with van der Waals surface area (Å²) in [4.78, 5) is 0.248. The Hall–Kier alpha value is -1.31. The van der Waals surface area contributed by atoms with Crippen LogP contribution >= 0.6 is 0 Å². The molecule has 0 amide bonds. The van der Waals surface area contributed by atoms with E-state index in [4.69, 9.17) is 6.42 Å². The summed E-state index contributed by atoms with van der Waals surface area (Å²) in [7, 11) is -3.50. The fourth-order valence-corrected chi connectivity index (χ4v) is 2.46. The molecule has 0 spiro atoms. The van der Waals surface area contributed by atoms with Gasteiger partial charge in [-0.15, -0.1) is 6.42 Å². The standard InChI is InChI=1S/C12H15NO2S/c1-5-11(4)13-16(14,15)12-7-6-9(2)10(3)8-12/h1,6-8,11,13H,2-4H3. The van der Waals surface area contributed by atoms with Crippen LogP contribution in [0, 0.1) is 26.2 Å². The summed E-state index contributed by atoms with van der Waals surface area (Å²) >= 11 is 0. The Labute approximate surface area is 96.9 Å². The summed E-state index contributed by atoms with van der Waals surface area (Å²) in [6, 6.07) is 4.49. The summed E-state index contributed by atoms with van der Waals surface area (Å²) in [5.41, 5.74) is 2.00. The normalized spacial score (nSPS) is 13.1. The van der Waals surface area contributed by atoms with E-state index in [0.29, 0.717) is 0 Å². The summed E-state index contributed by atoms with van der Waals surface area (Å²) in [6.07, 6.45) is 5.13. The van der Waals surface area contributed by atoms with Crippen LogP contribution in [0.5, 0.6) is 0 Å². The van der Waals surface area contributed by atoms with Gasteiger partial charge in [0, 0.05) is 0 Å². The van der Waals surface area contributed by atoms with Crippen LogP contribution in [0.4, 0.5) is 0 Å². The Bertz CT molecular complexity index is 526. The molecule has 0 bridgehead atoms. The van der Waals surface area contributed by atoms with Gasteiger partial charge >= 0.3 is 0 Å². The second-order valence-corrected chi connectivity index (χ2v) is 5.47. The van der Waals surface area contributed by atoms with E-state index in [9.17, 15) is 8.42 Å². The lowest BCUT2D eigenvalue weighted by atomic mass is 10.1. The van der Waals surface area contributed by atoms with Crippen LogP contribution in [-0.4, -0.2) is 14.5 Å². The molecule has 0 radical (unpaired) electrons. The highest BCUT2D eigenvalue weighted by atomic mass is 32.2. The molecule has 1 aromatic carbocycles. The van der Waals surface area contributed by atoms with Gasteiger partial charge in [-0.25, -0.2) is 8.42 Å². The molecule has 86 valence electrons. The fraction of sp³-hybridized carbons (Fsp3) is 0.333. The lowest BCUT2D eigenvalue weighted by Crippen LogP contribution is -2.31. The number of benzene rings is 1. The lowest BCUT2D eigenvalue weighted by molar-refractivity contribution is 0.577. The van der Waals surface area contributed by atoms with Crippen LogP contribution in [0.3, 0.4) is 0 Å². The Kier molecular flexibility index (Phi) is 3.74. The Morgan fingerprint density at radius 1 is 1.31 bits per heavy atom. The zero-order valence-electron chi connectivity index (χ0n) is 9.61. The number of aryl methyl sites for hydroxylation is 2. The van der Waals surface area contributed by atoms with E-state index in [1.54, 1.807) is 25.1 Å². The zero-order chi connectivity index (χ0) is 12.3. The molecule has 0 aliphatic rings. The van der Waals surface area contributed by atoms with Crippen molar-refractivity contribution >= 4 is 10.0 Å². The number of hydrogen-bond acceptors (Lipinski definition) is 2. The van der Waals surface area contributed by atoms with Crippen molar-refractivity contribution in [2.24, 2.45) is 0 Å². The largest absolute Gasteiger partial charge is 0.241 e. The number of sulfonamides is 1. The highest BCUT2D eigenvalue weighted by Crippen LogP contribution is 2.14. The van der Waals surface area contributed by atoms with Gasteiger partial charge in [0.15, 0.2) is 0 Å². The maximum Gasteiger partial charge on any atom is 0.241 e. The van der Waals surface area contributed by atoms with E-state index in [1.165, 1.54) is 0 Å². The van der Waals surface area contributed by atoms with Gasteiger partial charge in [0.25, 0.3) is 0 Å². The molecule has 0 fully saturated rings. The number of rotatable bonds is 3. The first-order chi connectivity index (χ1) is 7.36. The number of nitrogens with one attached hydrogen (secondary N) is 1. The quantitative estimate of drug-likeness (QED) is 0.812. The van der Waals surface area contributed by atoms with Crippen LogP contribution in [-0.2, 0) is 10.0 Å². The van der Waals surface area contributed by atoms with Gasteiger partial charge in [-0.05, 0) is 44.0 Å². The minimum atomic E-state index is -3.50. The highest BCUT2D eigenvalue weighted by molar-refractivity contribution is 7.89. The topological polar surface area (TPSA) is 46.2 Å². The van der Waals surface area contributed by atoms with Gasteiger partial charge in [-0.1, -0.05) is 12.0 Å². The van der Waals surface area contributed by atoms with E-state index in [1.807, 2.05) is 13.8 Å². The summed E-state index contributed by atoms with van der Waals surface area (Å²) in [5.74, 6) is 2.33. The molecular weight excluding hydrogens is 222 g/mol. The first-order valence-electron chi connectivity index (χ1n) is 4.92. The predicted molar refractivity (Wildman–Crippen MR) is 64.5 cm³/mol. The molecule has 0 aliphatic carbocycles. The highest BCUT2D eigenvalue weighted by Gasteiger charge is 2.16. The van der Waals surface area contributed by atoms with Gasteiger partial charge in [-0.2, -0.15) is 4.72 Å². The van der Waals surface area contributed by atoms with Crippen molar-refractivity contribution in [2.45, 2.75) is 31.7 Å². The Balaban J connectivity index is 3.09. The second kappa shape index (κ2) is 4.69. The van der Waals surface area contributed by atoms with Gasteiger partial charge in [0.05, 0.1) is 10.9 Å². The molecule has 0 aliphatic heterocycles. The minimum absolute atomic E-state index is 0.248. The van der Waals surface area contributed by atoms with Gasteiger partial charge in [-0.3, -0.25) is 0 Å². The smallest absolute Gasteiger partial charge is 0.207 e. The molecule has 0 heterocycles. The van der Waals surface area contributed by atoms with Crippen LogP contribution in [0.2, 0.25) is 0 Å². The van der Waals surface area contributed by atoms with E-state index in [2.05, 4.69) is 10.6 Å². The molecule has 1 N–H and O–H groups in total. The average molecular weight is 237 g/mol. The number of hydrogen-bond donors (Lipinski definition) is 1. The zero-order valence-corrected chi connectivity index (χ0v) is 10.4. The van der Waals surface area contributed by atoms with Gasteiger partial charge in [0.2, 0.25) is 10.0 Å². The fourth-order valence-electron chi connectivity index (χ4n) is 1.22. The molecule has 4 heteroatoms. The van der Waals surface area contributed by atoms with E-state index >= 15 is 0 Å². The third-order valence-corrected chi connectivity index (χ3v) is 3.91. The van der Waals surface area contributed by atoms with Crippen molar-refractivity contribution in [3.63, 3.8) is 0 Å². The van der Waals surface area contributed by atoms with Crippen molar-refractivity contribution in [1.29, 1.82) is 0 Å². The molecule has 0 aromatic heterocycles. The maximum atomic E-state index is 11.9. The summed E-state index contributed by atoms with van der Waals surface area (Å²) < 4.78 is 26.1. The molecule has 1 unspecified atom stereocenters. The molecule has 16 heavy (non-hydrogen) atoms. The Morgan fingerprint density at radius 3 is 2.44 bits per heavy atom. The molecule has 1 atom stereocenters. The van der Waals surface area contributed by atoms with Crippen molar-refractivity contribution in [2.75, 3.05) is 0 Å².